The van der Waals surface area contributed by atoms with E-state index in [1.807, 2.05) is 6.92 Å². The van der Waals surface area contributed by atoms with Crippen molar-refractivity contribution < 1.29 is 9.53 Å². The minimum absolute atomic E-state index is 0.310. The summed E-state index contributed by atoms with van der Waals surface area (Å²) < 4.78 is 5.05. The lowest BCUT2D eigenvalue weighted by Gasteiger charge is -2.04. The molecule has 0 rings (SSSR count). The molecular weight excluding hydrogens is 322 g/mol. The van der Waals surface area contributed by atoms with Crippen LogP contribution in [0.15, 0.2) is 60.8 Å². The monoisotopic (exact) mass is 359 g/mol. The SMILES string of the molecule is CC/C=C\C/C=C\C/C=C\C/C=C\C/C=C\CCCOC(=O)NCCC. The number of unbranched alkanes of at least 4 members (excludes halogenated alkanes) is 1. The fraction of sp³-hybridized carbons (Fsp3) is 0.522. The van der Waals surface area contributed by atoms with Crippen molar-refractivity contribution in [3.8, 4) is 0 Å². The maximum atomic E-state index is 11.2. The molecule has 3 nitrogen and oxygen atoms in total. The topological polar surface area (TPSA) is 38.3 Å². The Hall–Kier alpha value is -2.03. The van der Waals surface area contributed by atoms with Crippen LogP contribution in [0.3, 0.4) is 0 Å². The van der Waals surface area contributed by atoms with E-state index in [0.29, 0.717) is 13.2 Å². The summed E-state index contributed by atoms with van der Waals surface area (Å²) in [4.78, 5) is 11.2. The third-order valence-corrected chi connectivity index (χ3v) is 3.43. The van der Waals surface area contributed by atoms with Crippen LogP contribution in [-0.2, 0) is 4.74 Å². The van der Waals surface area contributed by atoms with E-state index >= 15 is 0 Å². The largest absolute Gasteiger partial charge is 0.450 e. The average molecular weight is 360 g/mol. The molecule has 1 amide bonds. The quantitative estimate of drug-likeness (QED) is 0.262. The Morgan fingerprint density at radius 1 is 0.769 bits per heavy atom. The number of nitrogens with one attached hydrogen (secondary N) is 1. The van der Waals surface area contributed by atoms with Crippen LogP contribution >= 0.6 is 0 Å². The minimum atomic E-state index is -0.310. The van der Waals surface area contributed by atoms with E-state index in [9.17, 15) is 4.79 Å². The van der Waals surface area contributed by atoms with E-state index in [4.69, 9.17) is 4.74 Å². The molecule has 0 aliphatic carbocycles. The highest BCUT2D eigenvalue weighted by Gasteiger charge is 1.97. The molecule has 3 heteroatoms. The second-order valence-electron chi connectivity index (χ2n) is 5.91. The van der Waals surface area contributed by atoms with E-state index in [2.05, 4.69) is 73.0 Å². The van der Waals surface area contributed by atoms with Crippen molar-refractivity contribution in [3.63, 3.8) is 0 Å². The highest BCUT2D eigenvalue weighted by Crippen LogP contribution is 1.97. The molecule has 0 fully saturated rings. The van der Waals surface area contributed by atoms with E-state index < -0.39 is 0 Å². The maximum Gasteiger partial charge on any atom is 0.407 e. The summed E-state index contributed by atoms with van der Waals surface area (Å²) in [5, 5.41) is 2.69. The van der Waals surface area contributed by atoms with Crippen molar-refractivity contribution in [1.29, 1.82) is 0 Å². The van der Waals surface area contributed by atoms with Gasteiger partial charge in [-0.1, -0.05) is 74.6 Å². The Kier molecular flexibility index (Phi) is 19.4. The normalized spacial score (nSPS) is 12.4. The lowest BCUT2D eigenvalue weighted by molar-refractivity contribution is 0.145. The number of carbonyl (C=O) groups is 1. The van der Waals surface area contributed by atoms with Gasteiger partial charge in [0.15, 0.2) is 0 Å². The van der Waals surface area contributed by atoms with Crippen LogP contribution < -0.4 is 5.32 Å². The Morgan fingerprint density at radius 3 is 1.77 bits per heavy atom. The number of ether oxygens (including phenoxy) is 1. The van der Waals surface area contributed by atoms with Crippen LogP contribution in [0.5, 0.6) is 0 Å². The molecule has 0 aromatic heterocycles. The summed E-state index contributed by atoms with van der Waals surface area (Å²) >= 11 is 0. The van der Waals surface area contributed by atoms with Crippen LogP contribution in [0, 0.1) is 0 Å². The van der Waals surface area contributed by atoms with Crippen LogP contribution in [0.25, 0.3) is 0 Å². The molecule has 0 heterocycles. The highest BCUT2D eigenvalue weighted by molar-refractivity contribution is 5.66. The fourth-order valence-corrected chi connectivity index (χ4v) is 2.01. The molecule has 0 atom stereocenters. The third-order valence-electron chi connectivity index (χ3n) is 3.43. The van der Waals surface area contributed by atoms with Crippen LogP contribution in [0.2, 0.25) is 0 Å². The van der Waals surface area contributed by atoms with Crippen molar-refractivity contribution in [2.45, 2.75) is 65.2 Å². The number of rotatable bonds is 15. The van der Waals surface area contributed by atoms with Gasteiger partial charge in [0.25, 0.3) is 0 Å². The van der Waals surface area contributed by atoms with Gasteiger partial charge in [-0.3, -0.25) is 0 Å². The Balaban J connectivity index is 3.46. The third kappa shape index (κ3) is 20.0. The Morgan fingerprint density at radius 2 is 1.27 bits per heavy atom. The smallest absolute Gasteiger partial charge is 0.407 e. The van der Waals surface area contributed by atoms with Gasteiger partial charge in [0.2, 0.25) is 0 Å². The molecular formula is C23H37NO2. The first-order valence-electron chi connectivity index (χ1n) is 9.96. The zero-order valence-corrected chi connectivity index (χ0v) is 16.7. The van der Waals surface area contributed by atoms with Gasteiger partial charge >= 0.3 is 6.09 Å². The van der Waals surface area contributed by atoms with Crippen molar-refractivity contribution in [2.75, 3.05) is 13.2 Å². The number of amides is 1. The van der Waals surface area contributed by atoms with Gasteiger partial charge < -0.3 is 10.1 Å². The van der Waals surface area contributed by atoms with E-state index in [0.717, 1.165) is 51.4 Å². The van der Waals surface area contributed by atoms with E-state index in [1.54, 1.807) is 0 Å². The molecule has 0 spiro atoms. The maximum absolute atomic E-state index is 11.2. The van der Waals surface area contributed by atoms with Gasteiger partial charge in [0.1, 0.15) is 0 Å². The zero-order chi connectivity index (χ0) is 19.1. The molecule has 146 valence electrons. The molecule has 26 heavy (non-hydrogen) atoms. The Bertz CT molecular complexity index is 459. The first-order chi connectivity index (χ1) is 12.8. The number of alkyl carbamates (subject to hydrolysis) is 1. The molecule has 0 bridgehead atoms. The number of hydrogen-bond acceptors (Lipinski definition) is 2. The van der Waals surface area contributed by atoms with Gasteiger partial charge in [-0.05, 0) is 51.4 Å². The molecule has 1 N–H and O–H groups in total. The van der Waals surface area contributed by atoms with Crippen LogP contribution in [0.4, 0.5) is 4.79 Å². The van der Waals surface area contributed by atoms with E-state index in [-0.39, 0.29) is 6.09 Å². The zero-order valence-electron chi connectivity index (χ0n) is 16.7. The van der Waals surface area contributed by atoms with Gasteiger partial charge in [0.05, 0.1) is 6.61 Å². The minimum Gasteiger partial charge on any atom is -0.450 e. The van der Waals surface area contributed by atoms with Crippen LogP contribution in [-0.4, -0.2) is 19.2 Å². The van der Waals surface area contributed by atoms with Crippen molar-refractivity contribution in [1.82, 2.24) is 5.32 Å². The molecule has 0 radical (unpaired) electrons. The molecule has 0 saturated heterocycles. The second kappa shape index (κ2) is 21.0. The van der Waals surface area contributed by atoms with Crippen molar-refractivity contribution in [2.24, 2.45) is 0 Å². The summed E-state index contributed by atoms with van der Waals surface area (Å²) in [5.74, 6) is 0. The lowest BCUT2D eigenvalue weighted by atomic mass is 10.2. The van der Waals surface area contributed by atoms with Gasteiger partial charge in [0, 0.05) is 6.54 Å². The lowest BCUT2D eigenvalue weighted by Crippen LogP contribution is -2.25. The van der Waals surface area contributed by atoms with Crippen LogP contribution in [0.1, 0.15) is 65.2 Å². The molecule has 0 aliphatic heterocycles. The molecule has 0 saturated carbocycles. The summed E-state index contributed by atoms with van der Waals surface area (Å²) in [6.07, 6.45) is 29.4. The second-order valence-corrected chi connectivity index (χ2v) is 5.91. The fourth-order valence-electron chi connectivity index (χ4n) is 2.01. The van der Waals surface area contributed by atoms with Crippen molar-refractivity contribution >= 4 is 6.09 Å². The molecule has 0 unspecified atom stereocenters. The van der Waals surface area contributed by atoms with E-state index in [1.165, 1.54) is 0 Å². The number of allylic oxidation sites excluding steroid dienone is 10. The number of hydrogen-bond donors (Lipinski definition) is 1. The summed E-state index contributed by atoms with van der Waals surface area (Å²) in [5.41, 5.74) is 0. The van der Waals surface area contributed by atoms with Gasteiger partial charge in [-0.15, -0.1) is 0 Å². The molecule has 0 aromatic carbocycles. The van der Waals surface area contributed by atoms with Gasteiger partial charge in [-0.2, -0.15) is 0 Å². The summed E-state index contributed by atoms with van der Waals surface area (Å²) in [6, 6.07) is 0. The predicted octanol–water partition coefficient (Wildman–Crippen LogP) is 6.65. The molecule has 0 aromatic rings. The first-order valence-corrected chi connectivity index (χ1v) is 9.96. The average Bonchev–Trinajstić information content (AvgIpc) is 2.65. The summed E-state index contributed by atoms with van der Waals surface area (Å²) in [6.45, 7) is 5.32. The standard InChI is InChI=1S/C23H37NO2/c1-3-5-6-7-8-9-10-11-12-13-14-15-16-17-18-19-20-22-26-23(25)24-21-4-2/h5-6,8-9,11-12,14-15,17-18H,3-4,7,10,13,16,19-22H2,1-2H3,(H,24,25)/b6-5-,9-8-,12-11-,15-14-,18-17-. The first kappa shape index (κ1) is 24.0. The summed E-state index contributed by atoms with van der Waals surface area (Å²) in [7, 11) is 0. The number of carbonyl (C=O) groups excluding carboxylic acids is 1. The highest BCUT2D eigenvalue weighted by atomic mass is 16.5. The van der Waals surface area contributed by atoms with Gasteiger partial charge in [-0.25, -0.2) is 4.79 Å². The molecule has 0 aliphatic rings. The van der Waals surface area contributed by atoms with Crippen molar-refractivity contribution in [3.05, 3.63) is 60.8 Å². The Labute approximate surface area is 160 Å². The predicted molar refractivity (Wildman–Crippen MR) is 113 cm³/mol.